The van der Waals surface area contributed by atoms with Crippen molar-refractivity contribution >= 4 is 112 Å². The van der Waals surface area contributed by atoms with Gasteiger partial charge in [0.25, 0.3) is 0 Å². The maximum Gasteiger partial charge on any atom is 0.399 e. The van der Waals surface area contributed by atoms with Crippen LogP contribution in [0.25, 0.3) is 31.0 Å². The Balaban J connectivity index is 0.000000174. The second kappa shape index (κ2) is 31.1. The van der Waals surface area contributed by atoms with Crippen molar-refractivity contribution in [1.29, 1.82) is 0 Å². The number of esters is 2. The van der Waals surface area contributed by atoms with E-state index in [1.165, 1.54) is 52.2 Å². The zero-order valence-corrected chi connectivity index (χ0v) is 65.3. The van der Waals surface area contributed by atoms with Gasteiger partial charge in [-0.15, -0.1) is 0 Å². The summed E-state index contributed by atoms with van der Waals surface area (Å²) in [6.07, 6.45) is -4.93. The van der Waals surface area contributed by atoms with Crippen LogP contribution in [0, 0.1) is 27.1 Å². The quantitative estimate of drug-likeness (QED) is 0.0529. The molecule has 0 bridgehead atoms. The van der Waals surface area contributed by atoms with Crippen LogP contribution in [-0.4, -0.2) is 103 Å². The van der Waals surface area contributed by atoms with Crippen molar-refractivity contribution in [2.75, 3.05) is 16.4 Å². The number of nitrogen functional groups attached to an aromatic ring is 1. The van der Waals surface area contributed by atoms with Gasteiger partial charge in [-0.1, -0.05) is 66.1 Å². The number of ether oxygens (including phenoxy) is 2. The maximum atomic E-state index is 13.5. The lowest BCUT2D eigenvalue weighted by atomic mass is 9.73. The number of carbonyl (C=O) groups is 5. The van der Waals surface area contributed by atoms with Gasteiger partial charge in [-0.05, 0) is 201 Å². The lowest BCUT2D eigenvalue weighted by molar-refractivity contribution is -0.181. The number of nitrogens with two attached hydrogens (primary N) is 1. The van der Waals surface area contributed by atoms with Gasteiger partial charge in [0, 0.05) is 17.1 Å². The number of carbonyl (C=O) groups excluding carboxylic acids is 4. The van der Waals surface area contributed by atoms with Crippen LogP contribution in [0.1, 0.15) is 189 Å². The van der Waals surface area contributed by atoms with Gasteiger partial charge in [0.2, 0.25) is 11.8 Å². The summed E-state index contributed by atoms with van der Waals surface area (Å²) in [5.74, 6) is -1.85. The molecule has 0 fully saturated rings. The van der Waals surface area contributed by atoms with E-state index in [0.717, 1.165) is 73.6 Å². The highest BCUT2D eigenvalue weighted by molar-refractivity contribution is 7.18. The summed E-state index contributed by atoms with van der Waals surface area (Å²) in [4.78, 5) is 102. The molecule has 33 heteroatoms. The van der Waals surface area contributed by atoms with E-state index in [1.807, 2.05) is 34.6 Å². The molecule has 0 aliphatic heterocycles. The molecule has 9 heterocycles. The number of aryl methyl sites for hydroxylation is 3. The monoisotopic (exact) mass is 1580 g/mol. The van der Waals surface area contributed by atoms with E-state index in [4.69, 9.17) is 15.2 Å². The van der Waals surface area contributed by atoms with E-state index in [9.17, 15) is 73.7 Å². The molecule has 12 rings (SSSR count). The van der Waals surface area contributed by atoms with Gasteiger partial charge in [-0.2, -0.15) is 39.5 Å². The van der Waals surface area contributed by atoms with Crippen molar-refractivity contribution < 1.29 is 83.2 Å². The third-order valence-corrected chi connectivity index (χ3v) is 22.6. The van der Waals surface area contributed by atoms with Crippen LogP contribution in [0.5, 0.6) is 0 Å². The number of aliphatic carboxylic acids is 1. The largest absolute Gasteiger partial charge is 0.481 e. The number of nitrogens with zero attached hydrogens (tertiary/aromatic N) is 9. The number of hydrogen-bond donors (Lipinski definition) is 5. The molecule has 109 heavy (non-hydrogen) atoms. The Hall–Kier alpha value is -8.95. The van der Waals surface area contributed by atoms with Crippen LogP contribution < -0.4 is 16.4 Å². The number of amides is 2. The third kappa shape index (κ3) is 19.1. The average molecular weight is 1580 g/mol. The molecule has 3 aliphatic rings. The second-order valence-corrected chi connectivity index (χ2v) is 35.2. The van der Waals surface area contributed by atoms with Gasteiger partial charge in [0.05, 0.1) is 86.4 Å². The summed E-state index contributed by atoms with van der Waals surface area (Å²) < 4.78 is 130. The van der Waals surface area contributed by atoms with Crippen LogP contribution >= 0.6 is 34.0 Å². The van der Waals surface area contributed by atoms with Crippen molar-refractivity contribution in [3.8, 4) is 0 Å². The predicted molar refractivity (Wildman–Crippen MR) is 396 cm³/mol. The molecule has 9 aromatic heterocycles. The Bertz CT molecular complexity index is 4930. The van der Waals surface area contributed by atoms with Gasteiger partial charge in [-0.3, -0.25) is 38.9 Å². The molecule has 0 saturated carbocycles. The SMILES string of the molecule is CC(C)(C)C(=O)OCc1nc2cc(N)cnc2s1.CC(C)(C)C(=O)OCc1nc2cc(NC(=O)[C@@]3(C)CCc4nc(C(C)(C)C(F)(F)F)ccc4C3)cnc2s1.CC(C)(c1ccc2c(n1)CC[C@](C)(C(=O)Nc1cnc3sc(CO)nc3c1)C2)C(F)(F)F.CC(C)(c1ccc2c(n1)CC[C@](C)(C(=O)O)C2)C(F)(F)F. The van der Waals surface area contributed by atoms with Gasteiger partial charge in [0.1, 0.15) is 75.5 Å². The van der Waals surface area contributed by atoms with E-state index < -0.39 is 67.8 Å². The fraction of sp³-hybridized carbons (Fsp3) is 0.500. The summed E-state index contributed by atoms with van der Waals surface area (Å²) in [5, 5.41) is 26.2. The number of hydrogen-bond acceptors (Lipinski definition) is 21. The predicted octanol–water partition coefficient (Wildman–Crippen LogP) is 16.6. The van der Waals surface area contributed by atoms with E-state index in [2.05, 4.69) is 55.5 Å². The molecule has 0 aromatic carbocycles. The standard InChI is InChI=1S/C27H31F3N4O3S.C22H23F3N4O2S.C15H18F3NO2.C12H15N3O2S/c1-24(2,3)23(36)37-14-20-34-18-11-16(13-31-21(18)38-20)32-22(35)26(6)10-9-17-15(12-26)7-8-19(33-17)25(4,5)27(28,29)30;1-20(2,22(23,24)25)16-5-4-12-9-21(3,7-6-14(12)28-16)19(31)27-13-8-15-18(26-10-13)32-17(11-30)29-15;1-13(2,15(16,17)18)11-5-4-9-8-14(3,12(20)21)7-6-10(9)19-11;1-12(2,3)11(16)17-6-9-15-8-4-7(13)5-14-10(8)18-9/h7-8,11,13H,9-10,12,14H2,1-6H3,(H,32,35);4-5,8,10,30H,6-7,9,11H2,1-3H3,(H,27,31);4-5H,6-8H2,1-3H3,(H,20,21);4-5H,6,13H2,1-3H3/t26-;21-;14-;/m000./s1. The highest BCUT2D eigenvalue weighted by atomic mass is 32.1. The minimum atomic E-state index is -4.42. The van der Waals surface area contributed by atoms with E-state index in [1.54, 1.807) is 82.7 Å². The summed E-state index contributed by atoms with van der Waals surface area (Å²) in [5.41, 5.74) is 3.56. The smallest absolute Gasteiger partial charge is 0.399 e. The number of aromatic nitrogens is 9. The Morgan fingerprint density at radius 1 is 0.468 bits per heavy atom. The molecular weight excluding hydrogens is 1490 g/mol. The number of pyridine rings is 6. The molecular formula is C76H87F9N12O9S3. The lowest BCUT2D eigenvalue weighted by Crippen LogP contribution is -2.40. The number of halogens is 9. The van der Waals surface area contributed by atoms with Crippen LogP contribution in [0.15, 0.2) is 73.2 Å². The van der Waals surface area contributed by atoms with Crippen LogP contribution in [0.3, 0.4) is 0 Å². The molecule has 0 unspecified atom stereocenters. The first kappa shape index (κ1) is 84.1. The Kier molecular flexibility index (Phi) is 24.0. The molecule has 9 aromatic rings. The van der Waals surface area contributed by atoms with Crippen molar-refractivity contribution in [3.63, 3.8) is 0 Å². The van der Waals surface area contributed by atoms with Crippen molar-refractivity contribution in [2.45, 2.75) is 216 Å². The number of carboxylic acids is 1. The summed E-state index contributed by atoms with van der Waals surface area (Å²) in [6.45, 7) is 22.9. The summed E-state index contributed by atoms with van der Waals surface area (Å²) in [7, 11) is 0. The van der Waals surface area contributed by atoms with Gasteiger partial charge >= 0.3 is 36.4 Å². The lowest BCUT2D eigenvalue weighted by Gasteiger charge is -2.34. The number of alkyl halides is 9. The molecule has 3 aliphatic carbocycles. The Morgan fingerprint density at radius 2 is 0.780 bits per heavy atom. The highest BCUT2D eigenvalue weighted by Crippen LogP contribution is 2.46. The van der Waals surface area contributed by atoms with Gasteiger partial charge in [-0.25, -0.2) is 29.9 Å². The van der Waals surface area contributed by atoms with E-state index in [0.29, 0.717) is 123 Å². The maximum absolute atomic E-state index is 13.5. The minimum absolute atomic E-state index is 0.0123. The van der Waals surface area contributed by atoms with Crippen LogP contribution in [0.4, 0.5) is 56.6 Å². The number of thiazole rings is 3. The number of fused-ring (bicyclic) bond motifs is 6. The average Bonchev–Trinajstić information content (AvgIpc) is 1.60. The van der Waals surface area contributed by atoms with Crippen molar-refractivity contribution in [2.24, 2.45) is 27.1 Å². The fourth-order valence-corrected chi connectivity index (χ4v) is 14.0. The first-order chi connectivity index (χ1) is 50.2. The number of aliphatic hydroxyl groups is 1. The van der Waals surface area contributed by atoms with Gasteiger partial charge in [0.15, 0.2) is 0 Å². The first-order valence-corrected chi connectivity index (χ1v) is 37.2. The molecule has 3 atom stereocenters. The number of nitrogens with one attached hydrogen (secondary N) is 2. The molecule has 586 valence electrons. The Morgan fingerprint density at radius 3 is 1.11 bits per heavy atom. The number of aliphatic hydroxyl groups excluding tert-OH is 1. The first-order valence-electron chi connectivity index (χ1n) is 34.8. The highest BCUT2D eigenvalue weighted by Gasteiger charge is 2.53. The topological polar surface area (TPSA) is 310 Å². The normalized spacial score (nSPS) is 18.3. The van der Waals surface area contributed by atoms with Crippen molar-refractivity contribution in [3.05, 3.63) is 139 Å². The summed E-state index contributed by atoms with van der Waals surface area (Å²) in [6, 6.07) is 14.3. The summed E-state index contributed by atoms with van der Waals surface area (Å²) >= 11 is 4.00. The minimum Gasteiger partial charge on any atom is -0.481 e. The van der Waals surface area contributed by atoms with E-state index in [-0.39, 0.29) is 60.7 Å². The van der Waals surface area contributed by atoms with Crippen LogP contribution in [0.2, 0.25) is 0 Å². The van der Waals surface area contributed by atoms with Crippen LogP contribution in [-0.2, 0) is 108 Å². The molecule has 0 spiro atoms. The number of anilines is 3. The molecule has 21 nitrogen and oxygen atoms in total. The molecule has 0 saturated heterocycles. The molecule has 2 amide bonds. The Labute approximate surface area is 635 Å². The zero-order valence-electron chi connectivity index (χ0n) is 62.9. The third-order valence-electron chi connectivity index (χ3n) is 19.8. The number of rotatable bonds is 13. The van der Waals surface area contributed by atoms with E-state index >= 15 is 0 Å². The molecule has 0 radical (unpaired) electrons. The zero-order chi connectivity index (χ0) is 80.8. The van der Waals surface area contributed by atoms with Gasteiger partial charge < -0.3 is 36.1 Å². The fourth-order valence-electron chi connectivity index (χ4n) is 11.7. The second-order valence-electron chi connectivity index (χ2n) is 32.0. The molecule has 6 N–H and O–H groups in total. The number of carboxylic acid groups (broad SMARTS) is 1. The van der Waals surface area contributed by atoms with Crippen molar-refractivity contribution in [1.82, 2.24) is 44.9 Å².